The molecule has 0 fully saturated rings. The molecule has 0 atom stereocenters. The minimum absolute atomic E-state index is 1.01. The molecule has 0 radical (unpaired) electrons. The lowest BCUT2D eigenvalue weighted by Gasteiger charge is -1.98. The van der Waals surface area contributed by atoms with Gasteiger partial charge in [0, 0.05) is 11.1 Å². The van der Waals surface area contributed by atoms with E-state index in [4.69, 9.17) is 0 Å². The molecule has 4 aromatic carbocycles. The van der Waals surface area contributed by atoms with Gasteiger partial charge in [0.25, 0.3) is 0 Å². The Labute approximate surface area is 191 Å². The second-order valence-electron chi connectivity index (χ2n) is 7.99. The Hall–Kier alpha value is -4.08. The van der Waals surface area contributed by atoms with Crippen LogP contribution < -0.4 is 0 Å². The van der Waals surface area contributed by atoms with E-state index < -0.39 is 0 Å². The van der Waals surface area contributed by atoms with Crippen LogP contribution in [-0.2, 0) is 0 Å². The van der Waals surface area contributed by atoms with Gasteiger partial charge in [0.1, 0.15) is 0 Å². The Balaban J connectivity index is 1.38. The van der Waals surface area contributed by atoms with Crippen LogP contribution in [0.5, 0.6) is 0 Å². The van der Waals surface area contributed by atoms with Crippen molar-refractivity contribution in [3.8, 4) is 11.8 Å². The molecule has 0 aliphatic carbocycles. The van der Waals surface area contributed by atoms with E-state index in [2.05, 4.69) is 147 Å². The van der Waals surface area contributed by atoms with Crippen molar-refractivity contribution in [3.05, 3.63) is 142 Å². The first-order valence-electron chi connectivity index (χ1n) is 10.9. The quantitative estimate of drug-likeness (QED) is 0.236. The van der Waals surface area contributed by atoms with E-state index in [0.29, 0.717) is 0 Å². The highest BCUT2D eigenvalue weighted by Crippen LogP contribution is 2.13. The number of rotatable bonds is 4. The van der Waals surface area contributed by atoms with Crippen LogP contribution in [0.4, 0.5) is 0 Å². The molecule has 0 heteroatoms. The zero-order valence-corrected chi connectivity index (χ0v) is 18.5. The smallest absolute Gasteiger partial charge is 0.0249 e. The van der Waals surface area contributed by atoms with Crippen molar-refractivity contribution < 1.29 is 0 Å². The average Bonchev–Trinajstić information content (AvgIpc) is 2.81. The summed E-state index contributed by atoms with van der Waals surface area (Å²) in [4.78, 5) is 0. The van der Waals surface area contributed by atoms with Crippen molar-refractivity contribution in [2.24, 2.45) is 0 Å². The molecule has 0 unspecified atom stereocenters. The van der Waals surface area contributed by atoms with Gasteiger partial charge in [-0.15, -0.1) is 0 Å². The van der Waals surface area contributed by atoms with Crippen molar-refractivity contribution in [2.45, 2.75) is 13.8 Å². The van der Waals surface area contributed by atoms with E-state index >= 15 is 0 Å². The minimum atomic E-state index is 1.01. The van der Waals surface area contributed by atoms with Gasteiger partial charge in [-0.05, 0) is 60.4 Å². The second-order valence-corrected chi connectivity index (χ2v) is 7.99. The summed E-state index contributed by atoms with van der Waals surface area (Å²) >= 11 is 0. The number of aryl methyl sites for hydroxylation is 2. The number of benzene rings is 4. The second kappa shape index (κ2) is 10.3. The third-order valence-electron chi connectivity index (χ3n) is 5.19. The van der Waals surface area contributed by atoms with Crippen molar-refractivity contribution >= 4 is 24.3 Å². The van der Waals surface area contributed by atoms with E-state index in [9.17, 15) is 0 Å². The first kappa shape index (κ1) is 21.2. The van der Waals surface area contributed by atoms with Gasteiger partial charge in [-0.2, -0.15) is 0 Å². The standard InChI is InChI=1S/C32H26/c1-25-5-3-7-31(23-25)21-19-29-15-11-27(12-16-29)9-10-28-13-17-30(18-14-28)20-22-32-8-4-6-26(2)24-32/h3-8,11-24H,1-2H3/b21-19+,22-20+. The lowest BCUT2D eigenvalue weighted by Crippen LogP contribution is -1.79. The van der Waals surface area contributed by atoms with Crippen LogP contribution in [0.25, 0.3) is 24.3 Å². The summed E-state index contributed by atoms with van der Waals surface area (Å²) in [6.07, 6.45) is 8.55. The Morgan fingerprint density at radius 3 is 1.19 bits per heavy atom. The summed E-state index contributed by atoms with van der Waals surface area (Å²) in [6.45, 7) is 4.22. The van der Waals surface area contributed by atoms with Gasteiger partial charge in [-0.25, -0.2) is 0 Å². The summed E-state index contributed by atoms with van der Waals surface area (Å²) < 4.78 is 0. The third-order valence-corrected chi connectivity index (χ3v) is 5.19. The summed E-state index contributed by atoms with van der Waals surface area (Å²) in [6, 6.07) is 33.7. The maximum absolute atomic E-state index is 3.26. The maximum atomic E-state index is 3.26. The van der Waals surface area contributed by atoms with Crippen molar-refractivity contribution in [2.75, 3.05) is 0 Å². The van der Waals surface area contributed by atoms with Gasteiger partial charge in [0.2, 0.25) is 0 Å². The average molecular weight is 411 g/mol. The first-order valence-corrected chi connectivity index (χ1v) is 10.9. The molecule has 0 amide bonds. The molecule has 0 bridgehead atoms. The Kier molecular flexibility index (Phi) is 6.81. The molecule has 32 heavy (non-hydrogen) atoms. The fourth-order valence-electron chi connectivity index (χ4n) is 3.43. The highest BCUT2D eigenvalue weighted by Gasteiger charge is 1.93. The zero-order valence-electron chi connectivity index (χ0n) is 18.5. The highest BCUT2D eigenvalue weighted by molar-refractivity contribution is 5.71. The van der Waals surface area contributed by atoms with Gasteiger partial charge in [-0.3, -0.25) is 0 Å². The summed E-state index contributed by atoms with van der Waals surface area (Å²) in [5, 5.41) is 0. The lowest BCUT2D eigenvalue weighted by molar-refractivity contribution is 1.46. The molecule has 0 aliphatic heterocycles. The fraction of sp³-hybridized carbons (Fsp3) is 0.0625. The molecular weight excluding hydrogens is 384 g/mol. The Morgan fingerprint density at radius 2 is 0.812 bits per heavy atom. The van der Waals surface area contributed by atoms with Crippen LogP contribution in [0.3, 0.4) is 0 Å². The van der Waals surface area contributed by atoms with Crippen LogP contribution >= 0.6 is 0 Å². The molecule has 0 saturated heterocycles. The van der Waals surface area contributed by atoms with E-state index in [1.165, 1.54) is 33.4 Å². The first-order chi connectivity index (χ1) is 15.6. The number of hydrogen-bond acceptors (Lipinski definition) is 0. The molecule has 0 heterocycles. The van der Waals surface area contributed by atoms with Gasteiger partial charge < -0.3 is 0 Å². The minimum Gasteiger partial charge on any atom is -0.0617 e. The molecule has 0 nitrogen and oxygen atoms in total. The van der Waals surface area contributed by atoms with Crippen LogP contribution in [0, 0.1) is 25.7 Å². The molecule has 0 spiro atoms. The topological polar surface area (TPSA) is 0 Å². The van der Waals surface area contributed by atoms with Crippen molar-refractivity contribution in [1.29, 1.82) is 0 Å². The maximum Gasteiger partial charge on any atom is 0.0249 e. The largest absolute Gasteiger partial charge is 0.0617 e. The van der Waals surface area contributed by atoms with Crippen molar-refractivity contribution in [1.82, 2.24) is 0 Å². The molecule has 0 N–H and O–H groups in total. The Bertz CT molecular complexity index is 1200. The number of hydrogen-bond donors (Lipinski definition) is 0. The van der Waals surface area contributed by atoms with Gasteiger partial charge >= 0.3 is 0 Å². The molecule has 0 saturated carbocycles. The van der Waals surface area contributed by atoms with E-state index in [1.54, 1.807) is 0 Å². The third kappa shape index (κ3) is 6.21. The van der Waals surface area contributed by atoms with Gasteiger partial charge in [-0.1, -0.05) is 120 Å². The molecular formula is C32H26. The molecule has 4 aromatic rings. The highest BCUT2D eigenvalue weighted by atomic mass is 14.0. The normalized spacial score (nSPS) is 10.9. The Morgan fingerprint density at radius 1 is 0.438 bits per heavy atom. The molecule has 4 rings (SSSR count). The summed E-state index contributed by atoms with van der Waals surface area (Å²) in [5.41, 5.74) is 9.34. The zero-order chi connectivity index (χ0) is 22.2. The van der Waals surface area contributed by atoms with E-state index in [1.807, 2.05) is 0 Å². The van der Waals surface area contributed by atoms with Crippen LogP contribution in [0.2, 0.25) is 0 Å². The summed E-state index contributed by atoms with van der Waals surface area (Å²) in [5.74, 6) is 6.52. The van der Waals surface area contributed by atoms with E-state index in [-0.39, 0.29) is 0 Å². The molecule has 154 valence electrons. The monoisotopic (exact) mass is 410 g/mol. The molecule has 0 aromatic heterocycles. The van der Waals surface area contributed by atoms with Crippen LogP contribution in [0.15, 0.2) is 97.1 Å². The SMILES string of the molecule is Cc1cccc(/C=C/c2ccc(C#Cc3ccc(/C=C/c4cccc(C)c4)cc3)cc2)c1. The lowest BCUT2D eigenvalue weighted by atomic mass is 10.1. The van der Waals surface area contributed by atoms with Crippen molar-refractivity contribution in [3.63, 3.8) is 0 Å². The van der Waals surface area contributed by atoms with Gasteiger partial charge in [0.15, 0.2) is 0 Å². The predicted octanol–water partition coefficient (Wildman–Crippen LogP) is 8.04. The predicted molar refractivity (Wildman–Crippen MR) is 139 cm³/mol. The van der Waals surface area contributed by atoms with Crippen LogP contribution in [-0.4, -0.2) is 0 Å². The molecule has 0 aliphatic rings. The summed E-state index contributed by atoms with van der Waals surface area (Å²) in [7, 11) is 0. The van der Waals surface area contributed by atoms with Gasteiger partial charge in [0.05, 0.1) is 0 Å². The fourth-order valence-corrected chi connectivity index (χ4v) is 3.43. The van der Waals surface area contributed by atoms with Crippen LogP contribution in [0.1, 0.15) is 44.5 Å². The van der Waals surface area contributed by atoms with E-state index in [0.717, 1.165) is 11.1 Å².